The fraction of sp³-hybridized carbons (Fsp3) is 0.261. The molecule has 0 aromatic heterocycles. The molecular weight excluding hydrogens is 366 g/mol. The third-order valence-electron chi connectivity index (χ3n) is 4.68. The lowest BCUT2D eigenvalue weighted by molar-refractivity contribution is -0.125. The van der Waals surface area contributed by atoms with Crippen molar-refractivity contribution in [1.82, 2.24) is 10.2 Å². The molecule has 0 atom stereocenters. The molecule has 0 radical (unpaired) electrons. The van der Waals surface area contributed by atoms with Crippen LogP contribution in [0.1, 0.15) is 37.5 Å². The lowest BCUT2D eigenvalue weighted by Gasteiger charge is -2.18. The van der Waals surface area contributed by atoms with Crippen LogP contribution in [-0.2, 0) is 21.5 Å². The van der Waals surface area contributed by atoms with Crippen LogP contribution < -0.4 is 10.6 Å². The van der Waals surface area contributed by atoms with E-state index in [4.69, 9.17) is 0 Å². The van der Waals surface area contributed by atoms with E-state index >= 15 is 0 Å². The van der Waals surface area contributed by atoms with E-state index in [9.17, 15) is 14.4 Å². The van der Waals surface area contributed by atoms with E-state index < -0.39 is 6.03 Å². The molecule has 6 nitrogen and oxygen atoms in total. The van der Waals surface area contributed by atoms with E-state index in [1.807, 2.05) is 12.1 Å². The monoisotopic (exact) mass is 391 g/mol. The minimum absolute atomic E-state index is 0.0246. The summed E-state index contributed by atoms with van der Waals surface area (Å²) in [4.78, 5) is 36.8. The average Bonchev–Trinajstić information content (AvgIpc) is 2.98. The number of carbonyl (C=O) groups excluding carboxylic acids is 3. The summed E-state index contributed by atoms with van der Waals surface area (Å²) in [5.74, 6) is -0.512. The number of nitrogens with zero attached hydrogens (tertiary/aromatic N) is 1. The number of amides is 4. The van der Waals surface area contributed by atoms with E-state index in [0.717, 1.165) is 16.0 Å². The molecule has 2 N–H and O–H groups in total. The smallest absolute Gasteiger partial charge is 0.324 e. The van der Waals surface area contributed by atoms with Crippen molar-refractivity contribution in [1.29, 1.82) is 0 Å². The van der Waals surface area contributed by atoms with Crippen molar-refractivity contribution in [2.75, 3.05) is 11.9 Å². The molecule has 3 rings (SSSR count). The molecule has 6 heteroatoms. The van der Waals surface area contributed by atoms with Crippen molar-refractivity contribution in [3.63, 3.8) is 0 Å². The molecule has 2 aromatic rings. The molecule has 0 unspecified atom stereocenters. The van der Waals surface area contributed by atoms with Gasteiger partial charge in [-0.15, -0.1) is 0 Å². The SMILES string of the molecule is CC(C)(C)c1ccc(/C=C/C(=O)Nc2cccc(CN3C(=O)CNC3=O)c2)cc1. The molecule has 0 spiro atoms. The van der Waals surface area contributed by atoms with E-state index in [2.05, 4.69) is 43.5 Å². The summed E-state index contributed by atoms with van der Waals surface area (Å²) >= 11 is 0. The van der Waals surface area contributed by atoms with Crippen LogP contribution >= 0.6 is 0 Å². The maximum absolute atomic E-state index is 12.2. The van der Waals surface area contributed by atoms with Gasteiger partial charge in [0.05, 0.1) is 13.1 Å². The van der Waals surface area contributed by atoms with Crippen LogP contribution in [0.2, 0.25) is 0 Å². The van der Waals surface area contributed by atoms with E-state index in [1.54, 1.807) is 30.3 Å². The Kier molecular flexibility index (Phi) is 5.82. The third kappa shape index (κ3) is 5.31. The lowest BCUT2D eigenvalue weighted by Crippen LogP contribution is -2.30. The van der Waals surface area contributed by atoms with Crippen molar-refractivity contribution in [2.45, 2.75) is 32.7 Å². The fourth-order valence-corrected chi connectivity index (χ4v) is 3.00. The van der Waals surface area contributed by atoms with E-state index in [-0.39, 0.29) is 30.3 Å². The van der Waals surface area contributed by atoms with Gasteiger partial charge in [-0.05, 0) is 40.3 Å². The second-order valence-corrected chi connectivity index (χ2v) is 8.03. The van der Waals surface area contributed by atoms with Crippen LogP contribution in [0.3, 0.4) is 0 Å². The summed E-state index contributed by atoms with van der Waals surface area (Å²) in [6.45, 7) is 6.67. The number of benzene rings is 2. The fourth-order valence-electron chi connectivity index (χ4n) is 3.00. The first-order valence-electron chi connectivity index (χ1n) is 9.49. The summed E-state index contributed by atoms with van der Waals surface area (Å²) in [7, 11) is 0. The topological polar surface area (TPSA) is 78.5 Å². The van der Waals surface area contributed by atoms with Gasteiger partial charge < -0.3 is 10.6 Å². The normalized spacial score (nSPS) is 14.4. The second-order valence-electron chi connectivity index (χ2n) is 8.03. The molecule has 150 valence electrons. The Morgan fingerprint density at radius 2 is 1.86 bits per heavy atom. The summed E-state index contributed by atoms with van der Waals surface area (Å²) in [5, 5.41) is 5.29. The van der Waals surface area contributed by atoms with Crippen LogP contribution in [0.4, 0.5) is 10.5 Å². The Bertz CT molecular complexity index is 940. The molecule has 1 saturated heterocycles. The number of imide groups is 1. The maximum Gasteiger partial charge on any atom is 0.324 e. The predicted octanol–water partition coefficient (Wildman–Crippen LogP) is 3.69. The number of hydrogen-bond acceptors (Lipinski definition) is 3. The number of rotatable bonds is 5. The zero-order valence-corrected chi connectivity index (χ0v) is 16.9. The average molecular weight is 391 g/mol. The Labute approximate surface area is 170 Å². The highest BCUT2D eigenvalue weighted by atomic mass is 16.2. The molecule has 1 heterocycles. The van der Waals surface area contributed by atoms with Gasteiger partial charge >= 0.3 is 6.03 Å². The first-order chi connectivity index (χ1) is 13.7. The van der Waals surface area contributed by atoms with Crippen molar-refractivity contribution in [3.05, 3.63) is 71.3 Å². The Hall–Kier alpha value is -3.41. The minimum atomic E-state index is -0.398. The van der Waals surface area contributed by atoms with Gasteiger partial charge in [0, 0.05) is 11.8 Å². The molecular formula is C23H25N3O3. The predicted molar refractivity (Wildman–Crippen MR) is 113 cm³/mol. The third-order valence-corrected chi connectivity index (χ3v) is 4.68. The van der Waals surface area contributed by atoms with Gasteiger partial charge in [0.2, 0.25) is 11.8 Å². The molecule has 1 aliphatic heterocycles. The van der Waals surface area contributed by atoms with Crippen molar-refractivity contribution < 1.29 is 14.4 Å². The first kappa shape index (κ1) is 20.3. The number of urea groups is 1. The van der Waals surface area contributed by atoms with Crippen LogP contribution in [-0.4, -0.2) is 29.3 Å². The zero-order valence-electron chi connectivity index (χ0n) is 16.9. The van der Waals surface area contributed by atoms with Crippen LogP contribution in [0, 0.1) is 0 Å². The molecule has 1 fully saturated rings. The molecule has 29 heavy (non-hydrogen) atoms. The zero-order chi connectivity index (χ0) is 21.0. The molecule has 2 aromatic carbocycles. The van der Waals surface area contributed by atoms with Gasteiger partial charge in [0.25, 0.3) is 0 Å². The van der Waals surface area contributed by atoms with Gasteiger partial charge in [-0.1, -0.05) is 57.2 Å². The molecule has 0 saturated carbocycles. The number of anilines is 1. The highest BCUT2D eigenvalue weighted by molar-refractivity contribution is 6.02. The van der Waals surface area contributed by atoms with E-state index in [1.165, 1.54) is 11.6 Å². The minimum Gasteiger partial charge on any atom is -0.329 e. The molecule has 0 bridgehead atoms. The van der Waals surface area contributed by atoms with Gasteiger partial charge in [-0.25, -0.2) is 4.79 Å². The number of hydrogen-bond donors (Lipinski definition) is 2. The maximum atomic E-state index is 12.2. The van der Waals surface area contributed by atoms with E-state index in [0.29, 0.717) is 5.69 Å². The Morgan fingerprint density at radius 3 is 2.48 bits per heavy atom. The highest BCUT2D eigenvalue weighted by Crippen LogP contribution is 2.22. The lowest BCUT2D eigenvalue weighted by atomic mass is 9.87. The quantitative estimate of drug-likeness (QED) is 0.603. The largest absolute Gasteiger partial charge is 0.329 e. The number of nitrogens with one attached hydrogen (secondary N) is 2. The number of carbonyl (C=O) groups is 3. The summed E-state index contributed by atoms with van der Waals surface area (Å²) in [5.41, 5.74) is 3.63. The summed E-state index contributed by atoms with van der Waals surface area (Å²) < 4.78 is 0. The Balaban J connectivity index is 1.61. The molecule has 0 aliphatic carbocycles. The van der Waals surface area contributed by atoms with Gasteiger partial charge in [0.1, 0.15) is 0 Å². The summed E-state index contributed by atoms with van der Waals surface area (Å²) in [6.07, 6.45) is 3.25. The van der Waals surface area contributed by atoms with Crippen LogP contribution in [0.25, 0.3) is 6.08 Å². The van der Waals surface area contributed by atoms with Crippen molar-refractivity contribution in [3.8, 4) is 0 Å². The van der Waals surface area contributed by atoms with Crippen molar-refractivity contribution in [2.24, 2.45) is 0 Å². The standard InChI is InChI=1S/C23H25N3O3/c1-23(2,3)18-10-7-16(8-11-18)9-12-20(27)25-19-6-4-5-17(13-19)15-26-21(28)14-24-22(26)29/h4-13H,14-15H2,1-3H3,(H,24,29)(H,25,27)/b12-9+. The van der Waals surface area contributed by atoms with Gasteiger partial charge in [-0.3, -0.25) is 14.5 Å². The van der Waals surface area contributed by atoms with Crippen LogP contribution in [0.5, 0.6) is 0 Å². The van der Waals surface area contributed by atoms with Gasteiger partial charge in [0.15, 0.2) is 0 Å². The first-order valence-corrected chi connectivity index (χ1v) is 9.49. The second kappa shape index (κ2) is 8.31. The summed E-state index contributed by atoms with van der Waals surface area (Å²) in [6, 6.07) is 14.8. The molecule has 4 amide bonds. The Morgan fingerprint density at radius 1 is 1.14 bits per heavy atom. The highest BCUT2D eigenvalue weighted by Gasteiger charge is 2.28. The van der Waals surface area contributed by atoms with Crippen molar-refractivity contribution >= 4 is 29.6 Å². The molecule has 1 aliphatic rings. The van der Waals surface area contributed by atoms with Crippen LogP contribution in [0.15, 0.2) is 54.6 Å². The van der Waals surface area contributed by atoms with Gasteiger partial charge in [-0.2, -0.15) is 0 Å².